The van der Waals surface area contributed by atoms with Gasteiger partial charge in [-0.25, -0.2) is 0 Å². The van der Waals surface area contributed by atoms with E-state index in [0.29, 0.717) is 13.2 Å². The summed E-state index contributed by atoms with van der Waals surface area (Å²) in [6.45, 7) is 2.53. The SMILES string of the molecule is CO[C@H]1O[C@H](C)[C@@H](NC(=O)CCOCc2ccccc2)[C@H](O)[C@@H]1OC. The molecule has 1 heterocycles. The first-order valence-corrected chi connectivity index (χ1v) is 8.37. The van der Waals surface area contributed by atoms with Gasteiger partial charge in [-0.3, -0.25) is 4.79 Å². The summed E-state index contributed by atoms with van der Waals surface area (Å²) in [5.41, 5.74) is 1.06. The number of benzene rings is 1. The second-order valence-electron chi connectivity index (χ2n) is 6.02. The number of aliphatic hydroxyl groups is 1. The average molecular weight is 353 g/mol. The van der Waals surface area contributed by atoms with Crippen molar-refractivity contribution in [3.8, 4) is 0 Å². The standard InChI is InChI=1S/C18H27NO6/c1-12-15(16(21)17(22-2)18(23-3)25-12)19-14(20)9-10-24-11-13-7-5-4-6-8-13/h4-8,12,15-18,21H,9-11H2,1-3H3,(H,19,20)/t12-,15-,16+,17+,18+/m1/s1. The third-order valence-electron chi connectivity index (χ3n) is 4.24. The summed E-state index contributed by atoms with van der Waals surface area (Å²) in [6, 6.07) is 9.19. The topological polar surface area (TPSA) is 86.3 Å². The summed E-state index contributed by atoms with van der Waals surface area (Å²) >= 11 is 0. The van der Waals surface area contributed by atoms with Gasteiger partial charge >= 0.3 is 0 Å². The molecule has 1 saturated heterocycles. The third-order valence-corrected chi connectivity index (χ3v) is 4.24. The highest BCUT2D eigenvalue weighted by Crippen LogP contribution is 2.23. The number of rotatable bonds is 8. The zero-order chi connectivity index (χ0) is 18.2. The number of carbonyl (C=O) groups excluding carboxylic acids is 1. The quantitative estimate of drug-likeness (QED) is 0.674. The van der Waals surface area contributed by atoms with E-state index in [1.54, 1.807) is 6.92 Å². The van der Waals surface area contributed by atoms with E-state index in [0.717, 1.165) is 5.56 Å². The molecule has 0 aliphatic carbocycles. The predicted octanol–water partition coefficient (Wildman–Crippen LogP) is 0.845. The van der Waals surface area contributed by atoms with E-state index in [-0.39, 0.29) is 12.3 Å². The predicted molar refractivity (Wildman–Crippen MR) is 90.8 cm³/mol. The molecule has 7 nitrogen and oxygen atoms in total. The number of aliphatic hydroxyl groups excluding tert-OH is 1. The lowest BCUT2D eigenvalue weighted by molar-refractivity contribution is -0.269. The molecule has 0 bridgehead atoms. The molecule has 1 aromatic rings. The van der Waals surface area contributed by atoms with Crippen LogP contribution in [0.1, 0.15) is 18.9 Å². The molecular formula is C18H27NO6. The molecule has 7 heteroatoms. The Morgan fingerprint density at radius 1 is 1.24 bits per heavy atom. The smallest absolute Gasteiger partial charge is 0.222 e. The fourth-order valence-electron chi connectivity index (χ4n) is 2.85. The van der Waals surface area contributed by atoms with Crippen molar-refractivity contribution in [2.45, 2.75) is 50.6 Å². The van der Waals surface area contributed by atoms with Crippen molar-refractivity contribution in [1.82, 2.24) is 5.32 Å². The molecule has 0 unspecified atom stereocenters. The van der Waals surface area contributed by atoms with Gasteiger partial charge in [-0.05, 0) is 12.5 Å². The van der Waals surface area contributed by atoms with Crippen molar-refractivity contribution in [3.05, 3.63) is 35.9 Å². The summed E-state index contributed by atoms with van der Waals surface area (Å²) in [5, 5.41) is 13.2. The van der Waals surface area contributed by atoms with Crippen molar-refractivity contribution in [3.63, 3.8) is 0 Å². The summed E-state index contributed by atoms with van der Waals surface area (Å²) in [6.07, 6.45) is -2.46. The van der Waals surface area contributed by atoms with Crippen LogP contribution in [0.5, 0.6) is 0 Å². The number of hydrogen-bond acceptors (Lipinski definition) is 6. The van der Waals surface area contributed by atoms with Gasteiger partial charge in [-0.2, -0.15) is 0 Å². The Morgan fingerprint density at radius 2 is 1.96 bits per heavy atom. The highest BCUT2D eigenvalue weighted by molar-refractivity contribution is 5.76. The van der Waals surface area contributed by atoms with E-state index in [2.05, 4.69) is 5.32 Å². The largest absolute Gasteiger partial charge is 0.388 e. The number of nitrogens with one attached hydrogen (secondary N) is 1. The van der Waals surface area contributed by atoms with Crippen LogP contribution in [0, 0.1) is 0 Å². The fourth-order valence-corrected chi connectivity index (χ4v) is 2.85. The summed E-state index contributed by atoms with van der Waals surface area (Å²) in [4.78, 5) is 12.1. The summed E-state index contributed by atoms with van der Waals surface area (Å²) in [5.74, 6) is -0.210. The normalized spacial score (nSPS) is 29.4. The van der Waals surface area contributed by atoms with Gasteiger partial charge in [-0.15, -0.1) is 0 Å². The van der Waals surface area contributed by atoms with E-state index in [1.807, 2.05) is 30.3 Å². The number of hydrogen-bond donors (Lipinski definition) is 2. The summed E-state index contributed by atoms with van der Waals surface area (Å²) in [7, 11) is 2.95. The molecule has 0 spiro atoms. The monoisotopic (exact) mass is 353 g/mol. The molecule has 0 radical (unpaired) electrons. The van der Waals surface area contributed by atoms with Gasteiger partial charge in [0.05, 0.1) is 25.4 Å². The number of ether oxygens (including phenoxy) is 4. The lowest BCUT2D eigenvalue weighted by Gasteiger charge is -2.42. The van der Waals surface area contributed by atoms with Gasteiger partial charge in [0.15, 0.2) is 6.29 Å². The second kappa shape index (κ2) is 9.84. The molecule has 0 aromatic heterocycles. The molecule has 1 aliphatic rings. The van der Waals surface area contributed by atoms with Crippen molar-refractivity contribution in [2.24, 2.45) is 0 Å². The lowest BCUT2D eigenvalue weighted by Crippen LogP contribution is -2.63. The van der Waals surface area contributed by atoms with Gasteiger partial charge in [0, 0.05) is 20.6 Å². The maximum absolute atomic E-state index is 12.1. The fraction of sp³-hybridized carbons (Fsp3) is 0.611. The molecule has 1 fully saturated rings. The maximum Gasteiger partial charge on any atom is 0.222 e. The van der Waals surface area contributed by atoms with Gasteiger partial charge in [0.1, 0.15) is 12.2 Å². The first-order chi connectivity index (χ1) is 12.1. The van der Waals surface area contributed by atoms with E-state index in [9.17, 15) is 9.90 Å². The van der Waals surface area contributed by atoms with Crippen molar-refractivity contribution >= 4 is 5.91 Å². The van der Waals surface area contributed by atoms with Gasteiger partial charge < -0.3 is 29.4 Å². The molecular weight excluding hydrogens is 326 g/mol. The first-order valence-electron chi connectivity index (χ1n) is 8.37. The van der Waals surface area contributed by atoms with Crippen LogP contribution in [0.3, 0.4) is 0 Å². The van der Waals surface area contributed by atoms with Gasteiger partial charge in [0.2, 0.25) is 5.91 Å². The van der Waals surface area contributed by atoms with Crippen LogP contribution < -0.4 is 5.32 Å². The minimum Gasteiger partial charge on any atom is -0.388 e. The highest BCUT2D eigenvalue weighted by atomic mass is 16.7. The van der Waals surface area contributed by atoms with Crippen LogP contribution in [0.2, 0.25) is 0 Å². The van der Waals surface area contributed by atoms with E-state index < -0.39 is 30.6 Å². The number of carbonyl (C=O) groups is 1. The highest BCUT2D eigenvalue weighted by Gasteiger charge is 2.44. The van der Waals surface area contributed by atoms with Gasteiger partial charge in [-0.1, -0.05) is 30.3 Å². The lowest BCUT2D eigenvalue weighted by atomic mass is 9.96. The number of amides is 1. The Hall–Kier alpha value is -1.51. The van der Waals surface area contributed by atoms with E-state index >= 15 is 0 Å². The van der Waals surface area contributed by atoms with Gasteiger partial charge in [0.25, 0.3) is 0 Å². The third kappa shape index (κ3) is 5.49. The van der Waals surface area contributed by atoms with Crippen LogP contribution in [0.15, 0.2) is 30.3 Å². The molecule has 1 amide bonds. The van der Waals surface area contributed by atoms with Crippen LogP contribution >= 0.6 is 0 Å². The van der Waals surface area contributed by atoms with Crippen LogP contribution in [-0.2, 0) is 30.3 Å². The second-order valence-corrected chi connectivity index (χ2v) is 6.02. The molecule has 1 aliphatic heterocycles. The first kappa shape index (κ1) is 19.8. The van der Waals surface area contributed by atoms with Crippen LogP contribution in [0.25, 0.3) is 0 Å². The maximum atomic E-state index is 12.1. The van der Waals surface area contributed by atoms with E-state index in [4.69, 9.17) is 18.9 Å². The van der Waals surface area contributed by atoms with Crippen LogP contribution in [-0.4, -0.2) is 62.5 Å². The minimum atomic E-state index is -0.923. The Labute approximate surface area is 148 Å². The number of methoxy groups -OCH3 is 2. The van der Waals surface area contributed by atoms with Crippen molar-refractivity contribution in [1.29, 1.82) is 0 Å². The molecule has 2 rings (SSSR count). The molecule has 5 atom stereocenters. The molecule has 140 valence electrons. The zero-order valence-corrected chi connectivity index (χ0v) is 14.9. The Morgan fingerprint density at radius 3 is 2.60 bits per heavy atom. The molecule has 25 heavy (non-hydrogen) atoms. The Bertz CT molecular complexity index is 526. The minimum absolute atomic E-state index is 0.203. The Balaban J connectivity index is 1.77. The average Bonchev–Trinajstić information content (AvgIpc) is 2.62. The van der Waals surface area contributed by atoms with Crippen LogP contribution in [0.4, 0.5) is 0 Å². The molecule has 1 aromatic carbocycles. The van der Waals surface area contributed by atoms with Crippen molar-refractivity contribution < 1.29 is 28.8 Å². The summed E-state index contributed by atoms with van der Waals surface area (Å²) < 4.78 is 21.6. The van der Waals surface area contributed by atoms with E-state index in [1.165, 1.54) is 14.2 Å². The van der Waals surface area contributed by atoms with Crippen molar-refractivity contribution in [2.75, 3.05) is 20.8 Å². The molecule has 0 saturated carbocycles. The molecule has 2 N–H and O–H groups in total. The Kier molecular flexibility index (Phi) is 7.80. The zero-order valence-electron chi connectivity index (χ0n) is 14.9.